The van der Waals surface area contributed by atoms with Crippen molar-refractivity contribution in [1.82, 2.24) is 4.90 Å². The van der Waals surface area contributed by atoms with Gasteiger partial charge in [-0.15, -0.1) is 0 Å². The number of carbonyl (C=O) groups excluding carboxylic acids is 1. The lowest BCUT2D eigenvalue weighted by molar-refractivity contribution is -0.153. The fraction of sp³-hybridized carbons (Fsp3) is 0.900. The molecule has 0 spiro atoms. The maximum atomic E-state index is 11.8. The minimum Gasteiger partial charge on any atom is -0.368 e. The summed E-state index contributed by atoms with van der Waals surface area (Å²) < 4.78 is 5.38. The predicted octanol–water partition coefficient (Wildman–Crippen LogP) is 1.17. The third kappa shape index (κ3) is 1.46. The van der Waals surface area contributed by atoms with E-state index in [4.69, 9.17) is 4.74 Å². The van der Waals surface area contributed by atoms with Crippen LogP contribution in [0, 0.1) is 0 Å². The lowest BCUT2D eigenvalue weighted by Crippen LogP contribution is -2.58. The normalized spacial score (nSPS) is 38.9. The van der Waals surface area contributed by atoms with Crippen LogP contribution in [0.25, 0.3) is 0 Å². The fourth-order valence-corrected chi connectivity index (χ4v) is 2.39. The molecule has 0 aromatic rings. The number of nitrogens with zero attached hydrogens (tertiary/aromatic N) is 1. The van der Waals surface area contributed by atoms with E-state index in [2.05, 4.69) is 13.8 Å². The standard InChI is InChI=1S/C10H17NO2/c1-7-6-8(2)11(7)10(12)9-4-3-5-13-9/h7-9H,3-6H2,1-2H3. The van der Waals surface area contributed by atoms with E-state index in [-0.39, 0.29) is 12.0 Å². The number of likely N-dealkylation sites (tertiary alicyclic amines) is 1. The molecule has 0 N–H and O–H groups in total. The van der Waals surface area contributed by atoms with Gasteiger partial charge in [0, 0.05) is 18.7 Å². The van der Waals surface area contributed by atoms with Crippen LogP contribution in [0.5, 0.6) is 0 Å². The predicted molar refractivity (Wildman–Crippen MR) is 49.4 cm³/mol. The van der Waals surface area contributed by atoms with E-state index >= 15 is 0 Å². The quantitative estimate of drug-likeness (QED) is 0.611. The van der Waals surface area contributed by atoms with Crippen molar-refractivity contribution in [2.45, 2.75) is 51.3 Å². The van der Waals surface area contributed by atoms with Crippen LogP contribution in [0.15, 0.2) is 0 Å². The van der Waals surface area contributed by atoms with Gasteiger partial charge in [-0.3, -0.25) is 4.79 Å². The molecule has 3 nitrogen and oxygen atoms in total. The SMILES string of the molecule is CC1CC(C)N1C(=O)C1CCCO1. The van der Waals surface area contributed by atoms with Crippen molar-refractivity contribution in [3.05, 3.63) is 0 Å². The second-order valence-electron chi connectivity index (χ2n) is 4.18. The van der Waals surface area contributed by atoms with Crippen LogP contribution in [0.1, 0.15) is 33.1 Å². The second-order valence-corrected chi connectivity index (χ2v) is 4.18. The van der Waals surface area contributed by atoms with Crippen molar-refractivity contribution in [3.8, 4) is 0 Å². The Kier molecular flexibility index (Phi) is 2.28. The lowest BCUT2D eigenvalue weighted by Gasteiger charge is -2.46. The molecule has 13 heavy (non-hydrogen) atoms. The van der Waals surface area contributed by atoms with Gasteiger partial charge in [-0.25, -0.2) is 0 Å². The molecular weight excluding hydrogens is 166 g/mol. The van der Waals surface area contributed by atoms with Gasteiger partial charge in [0.25, 0.3) is 5.91 Å². The van der Waals surface area contributed by atoms with Crippen molar-refractivity contribution in [1.29, 1.82) is 0 Å². The molecule has 0 saturated carbocycles. The maximum Gasteiger partial charge on any atom is 0.252 e. The summed E-state index contributed by atoms with van der Waals surface area (Å²) in [5, 5.41) is 0. The van der Waals surface area contributed by atoms with Gasteiger partial charge >= 0.3 is 0 Å². The lowest BCUT2D eigenvalue weighted by atomic mass is 9.94. The Balaban J connectivity index is 1.95. The fourth-order valence-electron chi connectivity index (χ4n) is 2.39. The summed E-state index contributed by atoms with van der Waals surface area (Å²) in [7, 11) is 0. The number of carbonyl (C=O) groups is 1. The largest absolute Gasteiger partial charge is 0.368 e. The van der Waals surface area contributed by atoms with E-state index in [1.165, 1.54) is 0 Å². The Morgan fingerprint density at radius 3 is 2.54 bits per heavy atom. The maximum absolute atomic E-state index is 11.8. The van der Waals surface area contributed by atoms with Crippen molar-refractivity contribution in [2.24, 2.45) is 0 Å². The van der Waals surface area contributed by atoms with Gasteiger partial charge < -0.3 is 9.64 Å². The monoisotopic (exact) mass is 183 g/mol. The topological polar surface area (TPSA) is 29.5 Å². The van der Waals surface area contributed by atoms with Crippen LogP contribution in [0.4, 0.5) is 0 Å². The van der Waals surface area contributed by atoms with Gasteiger partial charge in [0.15, 0.2) is 0 Å². The Hall–Kier alpha value is -0.570. The molecule has 2 saturated heterocycles. The first kappa shape index (κ1) is 9.00. The first-order chi connectivity index (χ1) is 6.20. The zero-order valence-electron chi connectivity index (χ0n) is 8.32. The molecule has 74 valence electrons. The Morgan fingerprint density at radius 1 is 1.38 bits per heavy atom. The summed E-state index contributed by atoms with van der Waals surface area (Å²) in [6.07, 6.45) is 2.95. The molecule has 0 aromatic heterocycles. The summed E-state index contributed by atoms with van der Waals surface area (Å²) in [5.41, 5.74) is 0. The van der Waals surface area contributed by atoms with E-state index in [1.54, 1.807) is 0 Å². The zero-order valence-corrected chi connectivity index (χ0v) is 8.32. The highest BCUT2D eigenvalue weighted by atomic mass is 16.5. The third-order valence-corrected chi connectivity index (χ3v) is 3.09. The molecule has 0 aliphatic carbocycles. The molecule has 1 amide bonds. The van der Waals surface area contributed by atoms with Crippen molar-refractivity contribution >= 4 is 5.91 Å². The van der Waals surface area contributed by atoms with Gasteiger partial charge in [0.05, 0.1) is 0 Å². The minimum atomic E-state index is -0.134. The molecule has 2 fully saturated rings. The van der Waals surface area contributed by atoms with Crippen molar-refractivity contribution in [3.63, 3.8) is 0 Å². The van der Waals surface area contributed by atoms with Gasteiger partial charge in [-0.2, -0.15) is 0 Å². The molecule has 2 aliphatic heterocycles. The van der Waals surface area contributed by atoms with Gasteiger partial charge in [-0.05, 0) is 33.1 Å². The van der Waals surface area contributed by atoms with Crippen LogP contribution in [0.2, 0.25) is 0 Å². The summed E-state index contributed by atoms with van der Waals surface area (Å²) in [4.78, 5) is 13.8. The Morgan fingerprint density at radius 2 is 2.08 bits per heavy atom. The van der Waals surface area contributed by atoms with Crippen LogP contribution < -0.4 is 0 Å². The molecule has 3 unspecified atom stereocenters. The summed E-state index contributed by atoms with van der Waals surface area (Å²) in [6.45, 7) is 4.96. The zero-order chi connectivity index (χ0) is 9.42. The molecule has 2 heterocycles. The highest BCUT2D eigenvalue weighted by molar-refractivity contribution is 5.82. The summed E-state index contributed by atoms with van der Waals surface area (Å²) >= 11 is 0. The molecular formula is C10H17NO2. The molecule has 0 aromatic carbocycles. The Bertz CT molecular complexity index is 203. The number of rotatable bonds is 1. The van der Waals surface area contributed by atoms with Crippen LogP contribution in [0.3, 0.4) is 0 Å². The van der Waals surface area contributed by atoms with E-state index in [0.29, 0.717) is 12.1 Å². The van der Waals surface area contributed by atoms with E-state index in [9.17, 15) is 4.79 Å². The van der Waals surface area contributed by atoms with Crippen molar-refractivity contribution in [2.75, 3.05) is 6.61 Å². The van der Waals surface area contributed by atoms with E-state index in [0.717, 1.165) is 25.9 Å². The van der Waals surface area contributed by atoms with Crippen LogP contribution >= 0.6 is 0 Å². The van der Waals surface area contributed by atoms with E-state index < -0.39 is 0 Å². The molecule has 2 aliphatic rings. The molecule has 3 heteroatoms. The highest BCUT2D eigenvalue weighted by Gasteiger charge is 2.39. The second kappa shape index (κ2) is 3.29. The van der Waals surface area contributed by atoms with E-state index in [1.807, 2.05) is 4.90 Å². The summed E-state index contributed by atoms with van der Waals surface area (Å²) in [5.74, 6) is 0.212. The molecule has 3 atom stereocenters. The average Bonchev–Trinajstić information content (AvgIpc) is 2.55. The average molecular weight is 183 g/mol. The first-order valence-corrected chi connectivity index (χ1v) is 5.14. The van der Waals surface area contributed by atoms with Crippen LogP contribution in [-0.2, 0) is 9.53 Å². The first-order valence-electron chi connectivity index (χ1n) is 5.14. The molecule has 2 rings (SSSR count). The summed E-state index contributed by atoms with van der Waals surface area (Å²) in [6, 6.07) is 0.846. The van der Waals surface area contributed by atoms with Gasteiger partial charge in [-0.1, -0.05) is 0 Å². The molecule has 0 radical (unpaired) electrons. The highest BCUT2D eigenvalue weighted by Crippen LogP contribution is 2.28. The molecule has 0 bridgehead atoms. The van der Waals surface area contributed by atoms with Crippen molar-refractivity contribution < 1.29 is 9.53 Å². The number of hydrogen-bond acceptors (Lipinski definition) is 2. The number of hydrogen-bond donors (Lipinski definition) is 0. The minimum absolute atomic E-state index is 0.134. The number of ether oxygens (including phenoxy) is 1. The van der Waals surface area contributed by atoms with Crippen LogP contribution in [-0.4, -0.2) is 35.6 Å². The smallest absolute Gasteiger partial charge is 0.252 e. The third-order valence-electron chi connectivity index (χ3n) is 3.09. The van der Waals surface area contributed by atoms with Gasteiger partial charge in [0.1, 0.15) is 6.10 Å². The number of amides is 1. The Labute approximate surface area is 79.0 Å². The van der Waals surface area contributed by atoms with Gasteiger partial charge in [0.2, 0.25) is 0 Å².